The number of carbonyl (C=O) groups excluding carboxylic acids is 1. The zero-order chi connectivity index (χ0) is 15.5. The minimum atomic E-state index is -0.176. The fourth-order valence-electron chi connectivity index (χ4n) is 2.81. The van der Waals surface area contributed by atoms with Gasteiger partial charge >= 0.3 is 0 Å². The maximum Gasteiger partial charge on any atom is 0.276 e. The Kier molecular flexibility index (Phi) is 4.24. The normalized spacial score (nSPS) is 18.6. The number of amides is 1. The summed E-state index contributed by atoms with van der Waals surface area (Å²) in [5, 5.41) is 17.5. The first-order chi connectivity index (χ1) is 10.7. The Labute approximate surface area is 128 Å². The summed E-state index contributed by atoms with van der Waals surface area (Å²) in [6.07, 6.45) is 6.50. The van der Waals surface area contributed by atoms with Crippen molar-refractivity contribution in [3.63, 3.8) is 0 Å². The molecule has 2 aromatic heterocycles. The van der Waals surface area contributed by atoms with Crippen molar-refractivity contribution >= 4 is 5.91 Å². The lowest BCUT2D eigenvalue weighted by Gasteiger charge is -2.33. The van der Waals surface area contributed by atoms with Crippen LogP contribution in [0.3, 0.4) is 0 Å². The summed E-state index contributed by atoms with van der Waals surface area (Å²) in [5.74, 6) is 0.411. The molecule has 0 radical (unpaired) electrons. The molecule has 3 rings (SSSR count). The van der Waals surface area contributed by atoms with Crippen molar-refractivity contribution in [1.82, 2.24) is 19.8 Å². The maximum absolute atomic E-state index is 12.5. The van der Waals surface area contributed by atoms with Crippen molar-refractivity contribution in [2.24, 2.45) is 0 Å². The number of aromatic nitrogens is 3. The van der Waals surface area contributed by atoms with Gasteiger partial charge in [0, 0.05) is 18.8 Å². The Morgan fingerprint density at radius 3 is 3.09 bits per heavy atom. The van der Waals surface area contributed by atoms with Gasteiger partial charge in [-0.3, -0.25) is 9.48 Å². The van der Waals surface area contributed by atoms with Crippen LogP contribution in [0, 0.1) is 6.92 Å². The summed E-state index contributed by atoms with van der Waals surface area (Å²) >= 11 is 0. The van der Waals surface area contributed by atoms with Crippen LogP contribution in [-0.4, -0.2) is 50.0 Å². The summed E-state index contributed by atoms with van der Waals surface area (Å²) in [7, 11) is 0. The predicted octanol–water partition coefficient (Wildman–Crippen LogP) is 1.21. The number of nitrogens with zero attached hydrogens (tertiary/aromatic N) is 4. The van der Waals surface area contributed by atoms with Gasteiger partial charge in [0.15, 0.2) is 11.5 Å². The topological polar surface area (TPSA) is 84.4 Å². The first-order valence-electron chi connectivity index (χ1n) is 7.54. The van der Waals surface area contributed by atoms with E-state index in [0.717, 1.165) is 24.8 Å². The molecule has 0 spiro atoms. The van der Waals surface area contributed by atoms with Gasteiger partial charge in [-0.05, 0) is 31.7 Å². The number of hydrogen-bond acceptors (Lipinski definition) is 5. The van der Waals surface area contributed by atoms with E-state index in [9.17, 15) is 9.90 Å². The molecule has 1 aliphatic heterocycles. The summed E-state index contributed by atoms with van der Waals surface area (Å²) < 4.78 is 6.98. The van der Waals surface area contributed by atoms with Crippen LogP contribution in [0.2, 0.25) is 0 Å². The number of rotatable bonds is 4. The number of likely N-dealkylation sites (tertiary alicyclic amines) is 1. The molecule has 1 atom stereocenters. The second kappa shape index (κ2) is 6.31. The molecule has 2 aromatic rings. The molecule has 1 amide bonds. The van der Waals surface area contributed by atoms with E-state index in [0.29, 0.717) is 24.5 Å². The Balaban J connectivity index is 1.71. The van der Waals surface area contributed by atoms with Crippen molar-refractivity contribution < 1.29 is 14.4 Å². The van der Waals surface area contributed by atoms with Crippen LogP contribution in [0.15, 0.2) is 23.0 Å². The first-order valence-corrected chi connectivity index (χ1v) is 7.54. The molecule has 1 unspecified atom stereocenters. The molecule has 0 aromatic carbocycles. The fraction of sp³-hybridized carbons (Fsp3) is 0.533. The van der Waals surface area contributed by atoms with Crippen molar-refractivity contribution in [2.45, 2.75) is 38.8 Å². The smallest absolute Gasteiger partial charge is 0.276 e. The molecule has 3 heterocycles. The molecule has 1 N–H and O–H groups in total. The Morgan fingerprint density at radius 2 is 2.36 bits per heavy atom. The molecule has 7 nitrogen and oxygen atoms in total. The van der Waals surface area contributed by atoms with Crippen molar-refractivity contribution in [1.29, 1.82) is 0 Å². The molecule has 1 fully saturated rings. The number of aryl methyl sites for hydroxylation is 1. The lowest BCUT2D eigenvalue weighted by Crippen LogP contribution is -2.45. The van der Waals surface area contributed by atoms with Gasteiger partial charge in [-0.2, -0.15) is 5.10 Å². The average molecular weight is 304 g/mol. The summed E-state index contributed by atoms with van der Waals surface area (Å²) in [6.45, 7) is 3.05. The van der Waals surface area contributed by atoms with Crippen LogP contribution in [0.5, 0.6) is 0 Å². The van der Waals surface area contributed by atoms with Crippen LogP contribution in [-0.2, 0) is 6.54 Å². The standard InChI is InChI=1S/C15H20N4O3/c1-11-7-16-18(8-11)9-13-6-14(17-22-13)15(21)19-5-3-2-4-12(19)10-20/h6-8,12,20H,2-5,9-10H2,1H3. The van der Waals surface area contributed by atoms with E-state index < -0.39 is 0 Å². The average Bonchev–Trinajstić information content (AvgIpc) is 3.16. The lowest BCUT2D eigenvalue weighted by atomic mass is 10.0. The van der Waals surface area contributed by atoms with Crippen LogP contribution < -0.4 is 0 Å². The Morgan fingerprint density at radius 1 is 1.50 bits per heavy atom. The Hall–Kier alpha value is -2.15. The van der Waals surface area contributed by atoms with E-state index in [2.05, 4.69) is 10.3 Å². The summed E-state index contributed by atoms with van der Waals surface area (Å²) in [6, 6.07) is 1.54. The zero-order valence-corrected chi connectivity index (χ0v) is 12.6. The van der Waals surface area contributed by atoms with Crippen molar-refractivity contribution in [3.8, 4) is 0 Å². The van der Waals surface area contributed by atoms with E-state index in [4.69, 9.17) is 4.52 Å². The minimum absolute atomic E-state index is 0.0109. The van der Waals surface area contributed by atoms with E-state index in [1.54, 1.807) is 21.8 Å². The molecule has 0 bridgehead atoms. The second-order valence-electron chi connectivity index (χ2n) is 5.72. The quantitative estimate of drug-likeness (QED) is 0.918. The number of piperidine rings is 1. The van der Waals surface area contributed by atoms with Gasteiger partial charge in [0.2, 0.25) is 0 Å². The fourth-order valence-corrected chi connectivity index (χ4v) is 2.81. The highest BCUT2D eigenvalue weighted by Crippen LogP contribution is 2.19. The molecule has 22 heavy (non-hydrogen) atoms. The Bertz CT molecular complexity index is 649. The van der Waals surface area contributed by atoms with Crippen LogP contribution in [0.4, 0.5) is 0 Å². The third kappa shape index (κ3) is 3.04. The third-order valence-corrected chi connectivity index (χ3v) is 3.96. The largest absolute Gasteiger partial charge is 0.394 e. The molecular weight excluding hydrogens is 284 g/mol. The molecule has 1 aliphatic rings. The first kappa shape index (κ1) is 14.8. The van der Waals surface area contributed by atoms with Crippen molar-refractivity contribution in [2.75, 3.05) is 13.2 Å². The highest BCUT2D eigenvalue weighted by Gasteiger charge is 2.28. The van der Waals surface area contributed by atoms with Gasteiger partial charge in [-0.25, -0.2) is 0 Å². The van der Waals surface area contributed by atoms with E-state index in [1.165, 1.54) is 0 Å². The maximum atomic E-state index is 12.5. The molecular formula is C15H20N4O3. The molecule has 1 saturated heterocycles. The lowest BCUT2D eigenvalue weighted by molar-refractivity contribution is 0.0493. The van der Waals surface area contributed by atoms with Crippen LogP contribution in [0.1, 0.15) is 41.1 Å². The van der Waals surface area contributed by atoms with E-state index in [1.807, 2.05) is 13.1 Å². The van der Waals surface area contributed by atoms with Gasteiger partial charge in [-0.15, -0.1) is 0 Å². The van der Waals surface area contributed by atoms with Crippen LogP contribution in [0.25, 0.3) is 0 Å². The predicted molar refractivity (Wildman–Crippen MR) is 78.3 cm³/mol. The van der Waals surface area contributed by atoms with Gasteiger partial charge in [0.05, 0.1) is 18.8 Å². The molecule has 0 saturated carbocycles. The molecule has 0 aliphatic carbocycles. The van der Waals surface area contributed by atoms with Crippen molar-refractivity contribution in [3.05, 3.63) is 35.5 Å². The number of carbonyl (C=O) groups is 1. The summed E-state index contributed by atoms with van der Waals surface area (Å²) in [4.78, 5) is 14.2. The van der Waals surface area contributed by atoms with Gasteiger partial charge in [0.1, 0.15) is 6.54 Å². The monoisotopic (exact) mass is 304 g/mol. The number of aliphatic hydroxyl groups excluding tert-OH is 1. The van der Waals surface area contributed by atoms with Gasteiger partial charge in [0.25, 0.3) is 5.91 Å². The number of hydrogen-bond donors (Lipinski definition) is 1. The third-order valence-electron chi connectivity index (χ3n) is 3.96. The minimum Gasteiger partial charge on any atom is -0.394 e. The number of aliphatic hydroxyl groups is 1. The SMILES string of the molecule is Cc1cnn(Cc2cc(C(=O)N3CCCCC3CO)no2)c1. The molecule has 118 valence electrons. The van der Waals surface area contributed by atoms with E-state index >= 15 is 0 Å². The molecule has 7 heteroatoms. The van der Waals surface area contributed by atoms with Gasteiger partial charge in [-0.1, -0.05) is 5.16 Å². The van der Waals surface area contributed by atoms with Gasteiger partial charge < -0.3 is 14.5 Å². The van der Waals surface area contributed by atoms with E-state index in [-0.39, 0.29) is 18.6 Å². The summed E-state index contributed by atoms with van der Waals surface area (Å²) in [5.41, 5.74) is 1.36. The highest BCUT2D eigenvalue weighted by molar-refractivity contribution is 5.92. The zero-order valence-electron chi connectivity index (χ0n) is 12.6. The van der Waals surface area contributed by atoms with Crippen LogP contribution >= 0.6 is 0 Å². The second-order valence-corrected chi connectivity index (χ2v) is 5.72. The highest BCUT2D eigenvalue weighted by atomic mass is 16.5.